The average molecular weight is 463 g/mol. The zero-order valence-corrected chi connectivity index (χ0v) is 19.7. The fourth-order valence-electron chi connectivity index (χ4n) is 4.93. The van der Waals surface area contributed by atoms with Crippen molar-refractivity contribution in [3.8, 4) is 0 Å². The summed E-state index contributed by atoms with van der Waals surface area (Å²) >= 11 is 0. The number of fused-ring (bicyclic) bond motifs is 1. The number of aliphatic carboxylic acids is 1. The molecule has 0 aromatic carbocycles. The summed E-state index contributed by atoms with van der Waals surface area (Å²) in [5, 5.41) is 19.5. The first-order valence-electron chi connectivity index (χ1n) is 11.7. The monoisotopic (exact) mass is 462 g/mol. The first-order valence-corrected chi connectivity index (χ1v) is 11.7. The molecule has 0 aromatic rings. The van der Waals surface area contributed by atoms with E-state index >= 15 is 0 Å². The number of Topliss-reactive ketones (excluding diaryl/α,β-unsaturated/α-hetero) is 1. The molecule has 0 saturated carbocycles. The number of hydrogen-bond acceptors (Lipinski definition) is 7. The summed E-state index contributed by atoms with van der Waals surface area (Å²) in [5.74, 6) is -3.99. The summed E-state index contributed by atoms with van der Waals surface area (Å²) in [6.45, 7) is 7.59. The third-order valence-electron chi connectivity index (χ3n) is 7.49. The van der Waals surface area contributed by atoms with Crippen molar-refractivity contribution in [2.24, 2.45) is 29.1 Å². The molecule has 3 aliphatic rings. The Morgan fingerprint density at radius 2 is 1.91 bits per heavy atom. The lowest BCUT2D eigenvalue weighted by molar-refractivity contribution is -0.170. The van der Waals surface area contributed by atoms with Crippen molar-refractivity contribution in [3.05, 3.63) is 23.8 Å². The molecule has 3 rings (SSSR count). The molecule has 1 saturated heterocycles. The van der Waals surface area contributed by atoms with Gasteiger partial charge in [-0.25, -0.2) is 4.79 Å². The summed E-state index contributed by atoms with van der Waals surface area (Å²) < 4.78 is 11.2. The van der Waals surface area contributed by atoms with Crippen molar-refractivity contribution in [3.63, 3.8) is 0 Å². The van der Waals surface area contributed by atoms with Crippen LogP contribution in [-0.2, 0) is 28.7 Å². The second-order valence-corrected chi connectivity index (χ2v) is 10.2. The SMILES string of the molecule is CCC(C)(C)C(=O)O[C@H]1C[C@H](C(=O)O)C=C2C=C[C@H](C)[C@H](CC[C@@H]3C[C@@H](O)C(=O)C(=O)O3)[C@H]21. The Kier molecular flexibility index (Phi) is 7.46. The minimum Gasteiger partial charge on any atom is -0.481 e. The Morgan fingerprint density at radius 1 is 1.21 bits per heavy atom. The topological polar surface area (TPSA) is 127 Å². The summed E-state index contributed by atoms with van der Waals surface area (Å²) in [4.78, 5) is 47.9. The highest BCUT2D eigenvalue weighted by molar-refractivity contribution is 6.35. The van der Waals surface area contributed by atoms with Crippen molar-refractivity contribution < 1.29 is 38.9 Å². The molecule has 1 heterocycles. The molecule has 2 aliphatic carbocycles. The van der Waals surface area contributed by atoms with Crippen LogP contribution in [0.4, 0.5) is 0 Å². The molecule has 0 aromatic heterocycles. The van der Waals surface area contributed by atoms with Gasteiger partial charge in [-0.05, 0) is 50.5 Å². The summed E-state index contributed by atoms with van der Waals surface area (Å²) in [5.41, 5.74) is 0.171. The van der Waals surface area contributed by atoms with Gasteiger partial charge in [0.15, 0.2) is 0 Å². The molecule has 8 nitrogen and oxygen atoms in total. The standard InChI is InChI=1S/C25H34O8/c1-5-25(3,4)24(31)33-19-11-15(22(28)29)10-14-7-6-13(2)17(20(14)19)9-8-16-12-18(26)21(27)23(30)32-16/h6-7,10,13,15-20,26H,5,8-9,11-12H2,1-4H3,(H,28,29)/t13-,15+,16+,17-,18+,19-,20-/m0/s1. The highest BCUT2D eigenvalue weighted by Crippen LogP contribution is 2.45. The van der Waals surface area contributed by atoms with Gasteiger partial charge in [0.2, 0.25) is 0 Å². The number of hydrogen-bond donors (Lipinski definition) is 2. The smallest absolute Gasteiger partial charge is 0.377 e. The number of allylic oxidation sites excluding steroid dienone is 2. The lowest BCUT2D eigenvalue weighted by Gasteiger charge is -2.43. The van der Waals surface area contributed by atoms with Crippen molar-refractivity contribution in [2.45, 2.75) is 78.1 Å². The molecular weight excluding hydrogens is 428 g/mol. The third kappa shape index (κ3) is 5.37. The molecule has 7 atom stereocenters. The number of rotatable bonds is 7. The highest BCUT2D eigenvalue weighted by Gasteiger charge is 2.45. The number of carboxylic acid groups (broad SMARTS) is 1. The van der Waals surface area contributed by atoms with E-state index in [2.05, 4.69) is 6.92 Å². The van der Waals surface area contributed by atoms with E-state index in [0.717, 1.165) is 5.57 Å². The number of esters is 2. The van der Waals surface area contributed by atoms with Crippen LogP contribution in [0.1, 0.15) is 59.8 Å². The van der Waals surface area contributed by atoms with Crippen molar-refractivity contribution in [1.29, 1.82) is 0 Å². The van der Waals surface area contributed by atoms with Crippen LogP contribution in [0.2, 0.25) is 0 Å². The van der Waals surface area contributed by atoms with E-state index in [1.165, 1.54) is 0 Å². The van der Waals surface area contributed by atoms with E-state index in [0.29, 0.717) is 19.3 Å². The molecule has 0 unspecified atom stereocenters. The van der Waals surface area contributed by atoms with Crippen LogP contribution < -0.4 is 0 Å². The minimum absolute atomic E-state index is 0.0204. The largest absolute Gasteiger partial charge is 0.481 e. The lowest BCUT2D eigenvalue weighted by Crippen LogP contribution is -2.45. The predicted molar refractivity (Wildman–Crippen MR) is 118 cm³/mol. The molecule has 0 spiro atoms. The fraction of sp³-hybridized carbons (Fsp3) is 0.680. The molecule has 0 amide bonds. The number of ketones is 1. The lowest BCUT2D eigenvalue weighted by atomic mass is 9.65. The molecule has 0 bridgehead atoms. The van der Waals surface area contributed by atoms with Gasteiger partial charge >= 0.3 is 17.9 Å². The highest BCUT2D eigenvalue weighted by atomic mass is 16.6. The van der Waals surface area contributed by atoms with Gasteiger partial charge in [-0.15, -0.1) is 0 Å². The second-order valence-electron chi connectivity index (χ2n) is 10.2. The number of aliphatic hydroxyl groups excluding tert-OH is 1. The van der Waals surface area contributed by atoms with Gasteiger partial charge in [-0.3, -0.25) is 14.4 Å². The first-order chi connectivity index (χ1) is 15.4. The Hall–Kier alpha value is -2.48. The molecule has 1 aliphatic heterocycles. The van der Waals surface area contributed by atoms with Gasteiger partial charge < -0.3 is 19.7 Å². The van der Waals surface area contributed by atoms with E-state index in [9.17, 15) is 29.4 Å². The molecule has 1 fully saturated rings. The number of aliphatic hydroxyl groups is 1. The first kappa shape index (κ1) is 25.1. The number of carboxylic acids is 1. The normalized spacial score (nSPS) is 34.2. The zero-order valence-electron chi connectivity index (χ0n) is 19.7. The summed E-state index contributed by atoms with van der Waals surface area (Å²) in [6, 6.07) is 0. The van der Waals surface area contributed by atoms with Crippen molar-refractivity contribution in [1.82, 2.24) is 0 Å². The summed E-state index contributed by atoms with van der Waals surface area (Å²) in [7, 11) is 0. The maximum atomic E-state index is 12.9. The minimum atomic E-state index is -1.34. The molecule has 2 N–H and O–H groups in total. The zero-order chi connectivity index (χ0) is 24.5. The Balaban J connectivity index is 1.83. The number of carbonyl (C=O) groups is 4. The van der Waals surface area contributed by atoms with Gasteiger partial charge in [0.1, 0.15) is 18.3 Å². The van der Waals surface area contributed by atoms with Crippen LogP contribution in [0, 0.1) is 29.1 Å². The molecule has 33 heavy (non-hydrogen) atoms. The van der Waals surface area contributed by atoms with Gasteiger partial charge in [0.05, 0.1) is 11.3 Å². The third-order valence-corrected chi connectivity index (χ3v) is 7.49. The van der Waals surface area contributed by atoms with Crippen LogP contribution in [0.25, 0.3) is 0 Å². The second kappa shape index (κ2) is 9.79. The van der Waals surface area contributed by atoms with Crippen LogP contribution in [0.5, 0.6) is 0 Å². The van der Waals surface area contributed by atoms with Crippen LogP contribution in [0.15, 0.2) is 23.8 Å². The Bertz CT molecular complexity index is 870. The number of carbonyl (C=O) groups excluding carboxylic acids is 3. The maximum Gasteiger partial charge on any atom is 0.377 e. The van der Waals surface area contributed by atoms with E-state index in [-0.39, 0.29) is 36.6 Å². The van der Waals surface area contributed by atoms with Crippen LogP contribution in [0.3, 0.4) is 0 Å². The predicted octanol–water partition coefficient (Wildman–Crippen LogP) is 2.83. The van der Waals surface area contributed by atoms with Gasteiger partial charge in [-0.2, -0.15) is 0 Å². The molecule has 182 valence electrons. The average Bonchev–Trinajstić information content (AvgIpc) is 2.76. The quantitative estimate of drug-likeness (QED) is 0.437. The van der Waals surface area contributed by atoms with Gasteiger partial charge in [-0.1, -0.05) is 32.1 Å². The number of ether oxygens (including phenoxy) is 2. The molecule has 0 radical (unpaired) electrons. The van der Waals surface area contributed by atoms with Gasteiger partial charge in [0.25, 0.3) is 5.78 Å². The molecule has 8 heteroatoms. The Morgan fingerprint density at radius 3 is 2.52 bits per heavy atom. The van der Waals surface area contributed by atoms with E-state index in [1.807, 2.05) is 32.9 Å². The molecular formula is C25H34O8. The van der Waals surface area contributed by atoms with Crippen LogP contribution >= 0.6 is 0 Å². The van der Waals surface area contributed by atoms with E-state index < -0.39 is 47.4 Å². The van der Waals surface area contributed by atoms with E-state index in [4.69, 9.17) is 9.47 Å². The maximum absolute atomic E-state index is 12.9. The summed E-state index contributed by atoms with van der Waals surface area (Å²) in [6.07, 6.45) is 5.15. The fourth-order valence-corrected chi connectivity index (χ4v) is 4.93. The van der Waals surface area contributed by atoms with Gasteiger partial charge in [0, 0.05) is 18.8 Å². The number of cyclic esters (lactones) is 1. The van der Waals surface area contributed by atoms with Crippen molar-refractivity contribution in [2.75, 3.05) is 0 Å². The van der Waals surface area contributed by atoms with Crippen LogP contribution in [-0.4, -0.2) is 52.2 Å². The van der Waals surface area contributed by atoms with E-state index in [1.54, 1.807) is 6.08 Å². The van der Waals surface area contributed by atoms with Crippen molar-refractivity contribution >= 4 is 23.7 Å². The Labute approximate surface area is 194 Å².